The highest BCUT2D eigenvalue weighted by Crippen LogP contribution is 2.42. The number of aliphatic hydroxyl groups is 1. The minimum atomic E-state index is -0.655. The molecule has 1 atom stereocenters. The molecule has 1 amide bonds. The first-order valence-corrected chi connectivity index (χ1v) is 10.4. The molecule has 1 fully saturated rings. The number of rotatable bonds is 5. The molecule has 0 saturated carbocycles. The lowest BCUT2D eigenvalue weighted by atomic mass is 9.94. The van der Waals surface area contributed by atoms with Gasteiger partial charge < -0.3 is 19.3 Å². The fraction of sp³-hybridized carbons (Fsp3) is 0.280. The number of para-hydroxylation sites is 1. The number of methoxy groups -OCH3 is 1. The third-order valence-corrected chi connectivity index (χ3v) is 5.90. The summed E-state index contributed by atoms with van der Waals surface area (Å²) in [5.41, 5.74) is 3.27. The number of benzene rings is 2. The summed E-state index contributed by atoms with van der Waals surface area (Å²) >= 11 is 0. The maximum Gasteiger partial charge on any atom is 0.295 e. The Morgan fingerprint density at radius 3 is 2.58 bits per heavy atom. The van der Waals surface area contributed by atoms with Gasteiger partial charge in [-0.3, -0.25) is 9.59 Å². The lowest BCUT2D eigenvalue weighted by Gasteiger charge is -2.24. The average Bonchev–Trinajstić information content (AvgIpc) is 3.22. The van der Waals surface area contributed by atoms with Gasteiger partial charge in [0.2, 0.25) is 0 Å². The van der Waals surface area contributed by atoms with Crippen LogP contribution in [-0.2, 0) is 16.6 Å². The zero-order valence-electron chi connectivity index (χ0n) is 18.2. The van der Waals surface area contributed by atoms with Gasteiger partial charge in [-0.25, -0.2) is 0 Å². The highest BCUT2D eigenvalue weighted by Gasteiger charge is 2.46. The molecule has 2 aromatic carbocycles. The predicted octanol–water partition coefficient (Wildman–Crippen LogP) is 4.33. The monoisotopic (exact) mass is 418 g/mol. The average molecular weight is 418 g/mol. The number of hydrogen-bond acceptors (Lipinski definition) is 4. The molecular weight excluding hydrogens is 392 g/mol. The van der Waals surface area contributed by atoms with Gasteiger partial charge in [-0.05, 0) is 43.2 Å². The molecule has 0 bridgehead atoms. The zero-order valence-corrected chi connectivity index (χ0v) is 18.2. The largest absolute Gasteiger partial charge is 0.507 e. The molecule has 0 spiro atoms. The molecule has 1 saturated heterocycles. The van der Waals surface area contributed by atoms with Gasteiger partial charge in [-0.1, -0.05) is 25.1 Å². The van der Waals surface area contributed by atoms with Crippen molar-refractivity contribution in [3.63, 3.8) is 0 Å². The van der Waals surface area contributed by atoms with Crippen molar-refractivity contribution in [2.75, 3.05) is 13.7 Å². The molecule has 1 aliphatic rings. The molecule has 0 aliphatic carbocycles. The van der Waals surface area contributed by atoms with Crippen molar-refractivity contribution in [2.45, 2.75) is 26.3 Å². The van der Waals surface area contributed by atoms with E-state index in [4.69, 9.17) is 4.74 Å². The van der Waals surface area contributed by atoms with Crippen molar-refractivity contribution in [1.29, 1.82) is 0 Å². The summed E-state index contributed by atoms with van der Waals surface area (Å²) in [4.78, 5) is 27.6. The second kappa shape index (κ2) is 7.95. The summed E-state index contributed by atoms with van der Waals surface area (Å²) in [6.45, 7) is 4.26. The van der Waals surface area contributed by atoms with Crippen molar-refractivity contribution in [1.82, 2.24) is 9.47 Å². The highest BCUT2D eigenvalue weighted by atomic mass is 16.5. The van der Waals surface area contributed by atoms with Crippen LogP contribution >= 0.6 is 0 Å². The summed E-state index contributed by atoms with van der Waals surface area (Å²) in [7, 11) is 3.52. The van der Waals surface area contributed by atoms with E-state index in [0.717, 1.165) is 22.0 Å². The molecule has 2 heterocycles. The van der Waals surface area contributed by atoms with Crippen LogP contribution in [0.4, 0.5) is 0 Å². The van der Waals surface area contributed by atoms with Crippen LogP contribution in [0.1, 0.15) is 36.1 Å². The van der Waals surface area contributed by atoms with Gasteiger partial charge >= 0.3 is 0 Å². The van der Waals surface area contributed by atoms with Crippen LogP contribution in [0.15, 0.2) is 54.2 Å². The Kier molecular flexibility index (Phi) is 5.31. The number of likely N-dealkylation sites (tertiary alicyclic amines) is 1. The van der Waals surface area contributed by atoms with Gasteiger partial charge in [0.25, 0.3) is 11.7 Å². The first-order chi connectivity index (χ1) is 14.9. The van der Waals surface area contributed by atoms with Crippen LogP contribution < -0.4 is 4.74 Å². The number of carbonyl (C=O) groups is 2. The van der Waals surface area contributed by atoms with E-state index in [1.54, 1.807) is 30.2 Å². The molecule has 1 N–H and O–H groups in total. The number of ketones is 1. The van der Waals surface area contributed by atoms with Crippen LogP contribution in [0, 0.1) is 6.92 Å². The van der Waals surface area contributed by atoms with Gasteiger partial charge in [-0.15, -0.1) is 0 Å². The molecule has 0 radical (unpaired) electrons. The minimum Gasteiger partial charge on any atom is -0.507 e. The van der Waals surface area contributed by atoms with Crippen LogP contribution in [0.2, 0.25) is 0 Å². The number of carbonyl (C=O) groups excluding carboxylic acids is 2. The van der Waals surface area contributed by atoms with E-state index < -0.39 is 17.7 Å². The number of aliphatic hydroxyl groups excluding tert-OH is 1. The standard InChI is InChI=1S/C25H26N2O4/c1-5-12-27-22(18-14-26(3)19-9-7-6-8-17(18)19)21(24(29)25(27)30)23(28)16-10-11-20(31-4)15(2)13-16/h6-11,13-14,22,28H,5,12H2,1-4H3/b23-21+. The highest BCUT2D eigenvalue weighted by molar-refractivity contribution is 6.46. The van der Waals surface area contributed by atoms with Gasteiger partial charge in [0.15, 0.2) is 0 Å². The molecule has 6 heteroatoms. The van der Waals surface area contributed by atoms with Gasteiger partial charge in [-0.2, -0.15) is 0 Å². The fourth-order valence-corrected chi connectivity index (χ4v) is 4.45. The quantitative estimate of drug-likeness (QED) is 0.380. The molecule has 31 heavy (non-hydrogen) atoms. The molecule has 3 aromatic rings. The third-order valence-electron chi connectivity index (χ3n) is 5.90. The Morgan fingerprint density at radius 2 is 1.90 bits per heavy atom. The van der Waals surface area contributed by atoms with E-state index in [1.165, 1.54) is 0 Å². The molecule has 4 rings (SSSR count). The van der Waals surface area contributed by atoms with Crippen LogP contribution in [0.5, 0.6) is 5.75 Å². The lowest BCUT2D eigenvalue weighted by Crippen LogP contribution is -2.30. The number of hydrogen-bond donors (Lipinski definition) is 1. The number of nitrogens with zero attached hydrogens (tertiary/aromatic N) is 2. The van der Waals surface area contributed by atoms with Gasteiger partial charge in [0.05, 0.1) is 18.7 Å². The number of aromatic nitrogens is 1. The first kappa shape index (κ1) is 20.7. The van der Waals surface area contributed by atoms with Gasteiger partial charge in [0, 0.05) is 41.8 Å². The molecule has 1 unspecified atom stereocenters. The number of amides is 1. The topological polar surface area (TPSA) is 71.8 Å². The summed E-state index contributed by atoms with van der Waals surface area (Å²) in [6.07, 6.45) is 2.65. The number of aryl methyl sites for hydroxylation is 2. The lowest BCUT2D eigenvalue weighted by molar-refractivity contribution is -0.139. The normalized spacial score (nSPS) is 18.2. The minimum absolute atomic E-state index is 0.124. The Labute approximate surface area is 181 Å². The SMILES string of the molecule is CCCN1C(=O)C(=O)/C(=C(/O)c2ccc(OC)c(C)c2)C1c1cn(C)c2ccccc12. The summed E-state index contributed by atoms with van der Waals surface area (Å²) < 4.78 is 7.28. The van der Waals surface area contributed by atoms with Crippen molar-refractivity contribution >= 4 is 28.4 Å². The van der Waals surface area contributed by atoms with Crippen LogP contribution in [-0.4, -0.2) is 39.9 Å². The molecular formula is C25H26N2O4. The molecule has 1 aromatic heterocycles. The number of ether oxygens (including phenoxy) is 1. The Hall–Kier alpha value is -3.54. The Bertz CT molecular complexity index is 1220. The molecule has 1 aliphatic heterocycles. The third kappa shape index (κ3) is 3.28. The Balaban J connectivity index is 1.96. The second-order valence-electron chi connectivity index (χ2n) is 7.89. The smallest absolute Gasteiger partial charge is 0.295 e. The van der Waals surface area contributed by atoms with E-state index in [1.807, 2.05) is 55.9 Å². The van der Waals surface area contributed by atoms with E-state index in [-0.39, 0.29) is 11.3 Å². The zero-order chi connectivity index (χ0) is 22.3. The van der Waals surface area contributed by atoms with E-state index >= 15 is 0 Å². The van der Waals surface area contributed by atoms with E-state index in [9.17, 15) is 14.7 Å². The maximum atomic E-state index is 13.1. The van der Waals surface area contributed by atoms with Crippen molar-refractivity contribution in [3.8, 4) is 5.75 Å². The summed E-state index contributed by atoms with van der Waals surface area (Å²) in [5.74, 6) is -0.710. The maximum absolute atomic E-state index is 13.1. The number of Topliss-reactive ketones (excluding diaryl/α,β-unsaturated/α-hetero) is 1. The van der Waals surface area contributed by atoms with E-state index in [2.05, 4.69) is 0 Å². The van der Waals surface area contributed by atoms with Crippen molar-refractivity contribution < 1.29 is 19.4 Å². The van der Waals surface area contributed by atoms with Gasteiger partial charge in [0.1, 0.15) is 11.5 Å². The van der Waals surface area contributed by atoms with E-state index in [0.29, 0.717) is 24.3 Å². The van der Waals surface area contributed by atoms with Crippen LogP contribution in [0.3, 0.4) is 0 Å². The summed E-state index contributed by atoms with van der Waals surface area (Å²) in [5, 5.41) is 12.2. The van der Waals surface area contributed by atoms with Crippen LogP contribution in [0.25, 0.3) is 16.7 Å². The predicted molar refractivity (Wildman–Crippen MR) is 120 cm³/mol. The van der Waals surface area contributed by atoms with Crippen molar-refractivity contribution in [3.05, 3.63) is 70.9 Å². The second-order valence-corrected chi connectivity index (χ2v) is 7.89. The number of fused-ring (bicyclic) bond motifs is 1. The Morgan fingerprint density at radius 1 is 1.16 bits per heavy atom. The molecule has 6 nitrogen and oxygen atoms in total. The summed E-state index contributed by atoms with van der Waals surface area (Å²) in [6, 6.07) is 12.4. The van der Waals surface area contributed by atoms with Crippen molar-refractivity contribution in [2.24, 2.45) is 7.05 Å². The first-order valence-electron chi connectivity index (χ1n) is 10.4. The fourth-order valence-electron chi connectivity index (χ4n) is 4.45. The molecule has 160 valence electrons.